The summed E-state index contributed by atoms with van der Waals surface area (Å²) in [6, 6.07) is 10.5. The Hall–Kier alpha value is -1.81. The molecule has 0 aliphatic rings. The smallest absolute Gasteiger partial charge is 0.244 e. The number of nitrogens with one attached hydrogen (secondary N) is 1. The molecule has 186 valence electrons. The van der Waals surface area contributed by atoms with Crippen molar-refractivity contribution < 1.29 is 18.0 Å². The van der Waals surface area contributed by atoms with Gasteiger partial charge in [-0.25, -0.2) is 8.42 Å². The Bertz CT molecular complexity index is 1130. The third-order valence-corrected chi connectivity index (χ3v) is 7.22. The van der Waals surface area contributed by atoms with Gasteiger partial charge < -0.3 is 10.2 Å². The molecule has 0 saturated carbocycles. The van der Waals surface area contributed by atoms with Crippen LogP contribution in [0.4, 0.5) is 5.69 Å². The summed E-state index contributed by atoms with van der Waals surface area (Å²) in [5, 5.41) is 3.62. The summed E-state index contributed by atoms with van der Waals surface area (Å²) in [4.78, 5) is 27.9. The summed E-state index contributed by atoms with van der Waals surface area (Å²) >= 11 is 15.7. The first-order chi connectivity index (χ1) is 15.8. The third-order valence-electron chi connectivity index (χ3n) is 4.97. The molecule has 2 amide bonds. The first-order valence-electron chi connectivity index (χ1n) is 10.6. The van der Waals surface area contributed by atoms with E-state index in [0.717, 1.165) is 15.0 Å². The highest BCUT2D eigenvalue weighted by Crippen LogP contribution is 2.25. The molecule has 7 nitrogen and oxygen atoms in total. The van der Waals surface area contributed by atoms with Crippen LogP contribution in [0, 0.1) is 0 Å². The standard InChI is InChI=1S/C23H28BrCl2N3O4S/c1-5-21(23(31)27-15(2)3)28(13-16-6-9-18(25)12-20(16)26)22(30)14-29(34(4,32)33)19-10-7-17(24)8-11-19/h6-12,15,21H,5,13-14H2,1-4H3,(H,27,31)/t21-/m1/s1. The van der Waals surface area contributed by atoms with Gasteiger partial charge in [0.1, 0.15) is 12.6 Å². The number of sulfonamides is 1. The van der Waals surface area contributed by atoms with Gasteiger partial charge in [0.15, 0.2) is 0 Å². The molecule has 0 aliphatic carbocycles. The van der Waals surface area contributed by atoms with Crippen molar-refractivity contribution >= 4 is 66.7 Å². The van der Waals surface area contributed by atoms with Gasteiger partial charge in [-0.1, -0.05) is 52.1 Å². The molecule has 0 spiro atoms. The van der Waals surface area contributed by atoms with Gasteiger partial charge in [0.25, 0.3) is 0 Å². The molecule has 0 unspecified atom stereocenters. The molecule has 2 rings (SSSR count). The van der Waals surface area contributed by atoms with Crippen molar-refractivity contribution in [3.63, 3.8) is 0 Å². The highest BCUT2D eigenvalue weighted by molar-refractivity contribution is 9.10. The van der Waals surface area contributed by atoms with Gasteiger partial charge >= 0.3 is 0 Å². The Morgan fingerprint density at radius 2 is 1.71 bits per heavy atom. The zero-order valence-electron chi connectivity index (χ0n) is 19.4. The van der Waals surface area contributed by atoms with Crippen molar-refractivity contribution in [2.24, 2.45) is 0 Å². The van der Waals surface area contributed by atoms with Crippen LogP contribution in [0.1, 0.15) is 32.8 Å². The summed E-state index contributed by atoms with van der Waals surface area (Å²) in [6.45, 7) is 4.98. The average molecular weight is 593 g/mol. The van der Waals surface area contributed by atoms with E-state index < -0.39 is 28.5 Å². The van der Waals surface area contributed by atoms with Gasteiger partial charge in [0, 0.05) is 27.1 Å². The summed E-state index contributed by atoms with van der Waals surface area (Å²) < 4.78 is 26.9. The maximum Gasteiger partial charge on any atom is 0.244 e. The number of carbonyl (C=O) groups is 2. The molecule has 34 heavy (non-hydrogen) atoms. The van der Waals surface area contributed by atoms with Crippen LogP contribution < -0.4 is 9.62 Å². The van der Waals surface area contributed by atoms with Gasteiger partial charge in [-0.2, -0.15) is 0 Å². The third kappa shape index (κ3) is 7.86. The Kier molecular flexibility index (Phi) is 10.2. The normalized spacial score (nSPS) is 12.4. The minimum atomic E-state index is -3.79. The molecule has 1 N–H and O–H groups in total. The van der Waals surface area contributed by atoms with Crippen molar-refractivity contribution in [2.45, 2.75) is 45.8 Å². The van der Waals surface area contributed by atoms with E-state index >= 15 is 0 Å². The number of anilines is 1. The zero-order valence-corrected chi connectivity index (χ0v) is 23.3. The predicted octanol–water partition coefficient (Wildman–Crippen LogP) is 4.85. The summed E-state index contributed by atoms with van der Waals surface area (Å²) in [7, 11) is -3.79. The van der Waals surface area contributed by atoms with Gasteiger partial charge in [-0.15, -0.1) is 0 Å². The highest BCUT2D eigenvalue weighted by Gasteiger charge is 2.32. The average Bonchev–Trinajstić information content (AvgIpc) is 2.72. The van der Waals surface area contributed by atoms with E-state index in [1.54, 1.807) is 49.4 Å². The summed E-state index contributed by atoms with van der Waals surface area (Å²) in [5.74, 6) is -0.865. The Morgan fingerprint density at radius 1 is 1.09 bits per heavy atom. The molecule has 11 heteroatoms. The number of nitrogens with zero attached hydrogens (tertiary/aromatic N) is 2. The van der Waals surface area contributed by atoms with E-state index in [2.05, 4.69) is 21.2 Å². The molecule has 0 bridgehead atoms. The second-order valence-electron chi connectivity index (χ2n) is 8.09. The lowest BCUT2D eigenvalue weighted by Crippen LogP contribution is -2.53. The first-order valence-corrected chi connectivity index (χ1v) is 14.0. The number of hydrogen-bond donors (Lipinski definition) is 1. The topological polar surface area (TPSA) is 86.8 Å². The summed E-state index contributed by atoms with van der Waals surface area (Å²) in [5.41, 5.74) is 0.924. The van der Waals surface area contributed by atoms with Crippen molar-refractivity contribution in [3.05, 3.63) is 62.5 Å². The van der Waals surface area contributed by atoms with Crippen LogP contribution in [-0.2, 0) is 26.2 Å². The van der Waals surface area contributed by atoms with Crippen molar-refractivity contribution in [1.82, 2.24) is 10.2 Å². The van der Waals surface area contributed by atoms with Crippen molar-refractivity contribution in [3.8, 4) is 0 Å². The number of carbonyl (C=O) groups excluding carboxylic acids is 2. The number of benzene rings is 2. The molecule has 0 aliphatic heterocycles. The highest BCUT2D eigenvalue weighted by atomic mass is 79.9. The second-order valence-corrected chi connectivity index (χ2v) is 11.8. The Morgan fingerprint density at radius 3 is 2.21 bits per heavy atom. The first kappa shape index (κ1) is 28.4. The maximum absolute atomic E-state index is 13.6. The lowest BCUT2D eigenvalue weighted by molar-refractivity contribution is -0.140. The molecular formula is C23H28BrCl2N3O4S. The van der Waals surface area contributed by atoms with Crippen LogP contribution in [0.15, 0.2) is 46.9 Å². The van der Waals surface area contributed by atoms with Crippen LogP contribution in [0.5, 0.6) is 0 Å². The fourth-order valence-electron chi connectivity index (χ4n) is 3.35. The predicted molar refractivity (Wildman–Crippen MR) is 141 cm³/mol. The van der Waals surface area contributed by atoms with Crippen LogP contribution in [0.25, 0.3) is 0 Å². The Labute approximate surface area is 219 Å². The molecular weight excluding hydrogens is 565 g/mol. The number of amides is 2. The minimum Gasteiger partial charge on any atom is -0.352 e. The largest absolute Gasteiger partial charge is 0.352 e. The van der Waals surface area contributed by atoms with Crippen molar-refractivity contribution in [1.29, 1.82) is 0 Å². The molecule has 0 radical (unpaired) electrons. The van der Waals surface area contributed by atoms with Crippen LogP contribution in [0.2, 0.25) is 10.0 Å². The molecule has 2 aromatic carbocycles. The number of hydrogen-bond acceptors (Lipinski definition) is 4. The molecule has 0 fully saturated rings. The molecule has 0 heterocycles. The number of rotatable bonds is 10. The van der Waals surface area contributed by atoms with E-state index in [9.17, 15) is 18.0 Å². The Balaban J connectivity index is 2.46. The lowest BCUT2D eigenvalue weighted by atomic mass is 10.1. The van der Waals surface area contributed by atoms with E-state index in [1.807, 2.05) is 13.8 Å². The summed E-state index contributed by atoms with van der Waals surface area (Å²) in [6.07, 6.45) is 1.36. The van der Waals surface area contributed by atoms with Crippen LogP contribution in [0.3, 0.4) is 0 Å². The van der Waals surface area contributed by atoms with Crippen LogP contribution in [-0.4, -0.2) is 50.0 Å². The molecule has 0 saturated heterocycles. The minimum absolute atomic E-state index is 0.0107. The number of halogens is 3. The fraction of sp³-hybridized carbons (Fsp3) is 0.391. The lowest BCUT2D eigenvalue weighted by Gasteiger charge is -2.33. The molecule has 2 aromatic rings. The zero-order chi connectivity index (χ0) is 25.6. The fourth-order valence-corrected chi connectivity index (χ4v) is 4.94. The van der Waals surface area contributed by atoms with E-state index in [-0.39, 0.29) is 18.5 Å². The second kappa shape index (κ2) is 12.2. The van der Waals surface area contributed by atoms with E-state index in [4.69, 9.17) is 23.2 Å². The van der Waals surface area contributed by atoms with Crippen LogP contribution >= 0.6 is 39.1 Å². The van der Waals surface area contributed by atoms with Gasteiger partial charge in [-0.3, -0.25) is 13.9 Å². The quantitative estimate of drug-likeness (QED) is 0.427. The maximum atomic E-state index is 13.6. The van der Waals surface area contributed by atoms with E-state index in [1.165, 1.54) is 4.90 Å². The van der Waals surface area contributed by atoms with E-state index in [0.29, 0.717) is 27.7 Å². The molecule has 1 atom stereocenters. The SMILES string of the molecule is CC[C@H](C(=O)NC(C)C)N(Cc1ccc(Cl)cc1Cl)C(=O)CN(c1ccc(Br)cc1)S(C)(=O)=O. The van der Waals surface area contributed by atoms with Gasteiger partial charge in [0.05, 0.1) is 11.9 Å². The monoisotopic (exact) mass is 591 g/mol. The van der Waals surface area contributed by atoms with Crippen molar-refractivity contribution in [2.75, 3.05) is 17.1 Å². The molecule has 0 aromatic heterocycles. The van der Waals surface area contributed by atoms with Gasteiger partial charge in [-0.05, 0) is 62.2 Å². The van der Waals surface area contributed by atoms with Gasteiger partial charge in [0.2, 0.25) is 21.8 Å².